The largest absolute Gasteiger partial charge is 0.356 e. The third-order valence-electron chi connectivity index (χ3n) is 16.5. The predicted molar refractivity (Wildman–Crippen MR) is 348 cm³/mol. The average molecular weight is 1320 g/mol. The fraction of sp³-hybridized carbons (Fsp3) is 0.862. The molecule has 6 aliphatic heterocycles. The number of nitrogens with one attached hydrogen (secondary N) is 6. The molecule has 0 aromatic rings. The Balaban J connectivity index is 0. The van der Waals surface area contributed by atoms with Crippen LogP contribution in [0, 0.1) is 40.5 Å². The summed E-state index contributed by atoms with van der Waals surface area (Å²) in [7, 11) is 0. The summed E-state index contributed by atoms with van der Waals surface area (Å²) < 4.78 is 0. The Kier molecular flexibility index (Phi) is 43.4. The number of hydrogen-bond acceptors (Lipinski definition) is 24. The number of nitrogens with two attached hydrogens (primary N) is 6. The van der Waals surface area contributed by atoms with Gasteiger partial charge in [0.1, 0.15) is 11.6 Å². The molecule has 6 saturated heterocycles. The number of hydrogen-bond donors (Lipinski definition) is 12. The Bertz CT molecular complexity index is 2140. The molecule has 0 radical (unpaired) electrons. The van der Waals surface area contributed by atoms with Crippen LogP contribution in [0.2, 0.25) is 0 Å². The zero-order chi connectivity index (χ0) is 71.0. The molecular formula is C58H114N18O16. The Morgan fingerprint density at radius 1 is 0.370 bits per heavy atom. The molecule has 4 unspecified atom stereocenters. The summed E-state index contributed by atoms with van der Waals surface area (Å²) in [5.41, 5.74) is 29.5. The molecule has 6 aliphatic rings. The van der Waals surface area contributed by atoms with E-state index < -0.39 is 22.2 Å². The second kappa shape index (κ2) is 45.7. The number of nitro groups is 4. The maximum atomic E-state index is 11.9. The van der Waals surface area contributed by atoms with E-state index >= 15 is 0 Å². The fourth-order valence-corrected chi connectivity index (χ4v) is 12.6. The molecule has 0 aliphatic carbocycles. The molecule has 0 aromatic carbocycles. The normalized spacial score (nSPS) is 23.0. The van der Waals surface area contributed by atoms with Crippen LogP contribution in [0.4, 0.5) is 0 Å². The second-order valence-electron chi connectivity index (χ2n) is 24.7. The highest BCUT2D eigenvalue weighted by molar-refractivity contribution is 5.75. The van der Waals surface area contributed by atoms with Crippen LogP contribution in [0.1, 0.15) is 185 Å². The van der Waals surface area contributed by atoms with Crippen LogP contribution in [-0.4, -0.2) is 213 Å². The number of ketones is 2. The molecular weight excluding hydrogens is 1200 g/mol. The molecule has 4 bridgehead atoms. The van der Waals surface area contributed by atoms with E-state index in [1.807, 2.05) is 0 Å². The summed E-state index contributed by atoms with van der Waals surface area (Å²) in [4.78, 5) is 136. The minimum Gasteiger partial charge on any atom is -0.356 e. The van der Waals surface area contributed by atoms with E-state index in [0.717, 1.165) is 0 Å². The van der Waals surface area contributed by atoms with Crippen LogP contribution in [-0.2, 0) is 38.4 Å². The van der Waals surface area contributed by atoms with Crippen molar-refractivity contribution in [3.8, 4) is 0 Å². The molecule has 532 valence electrons. The topological polar surface area (TPSA) is 544 Å². The highest BCUT2D eigenvalue weighted by Crippen LogP contribution is 2.46. The van der Waals surface area contributed by atoms with Crippen molar-refractivity contribution in [2.45, 2.75) is 243 Å². The van der Waals surface area contributed by atoms with Gasteiger partial charge < -0.3 is 75.9 Å². The number of Topliss-reactive ketones (excluding diaryl/α,β-unsaturated/α-hetero) is 2. The van der Waals surface area contributed by atoms with Gasteiger partial charge in [-0.15, -0.1) is 0 Å². The van der Waals surface area contributed by atoms with Crippen molar-refractivity contribution < 1.29 is 58.0 Å². The maximum absolute atomic E-state index is 11.9. The fourth-order valence-electron chi connectivity index (χ4n) is 12.6. The van der Waals surface area contributed by atoms with E-state index in [-0.39, 0.29) is 103 Å². The van der Waals surface area contributed by atoms with Gasteiger partial charge in [0.25, 0.3) is 0 Å². The molecule has 0 saturated carbocycles. The van der Waals surface area contributed by atoms with E-state index in [9.17, 15) is 78.8 Å². The summed E-state index contributed by atoms with van der Waals surface area (Å²) in [6.45, 7) is 19.4. The highest BCUT2D eigenvalue weighted by atomic mass is 16.6. The molecule has 34 heteroatoms. The standard InChI is InChI=1S/C16H27N5O5.C16H30N4O5.C10H21N5O2.C10H24N4O2.2C3H6O/c1-10(22)17-7-13-4-16(21(25)26)5-14(8-18-11(2)23)20(13)15(6-16)9-19-12(3)24;1-13(21)17-10-4-7-16(20(24)25,8-5-11-18-14(2)22)9-6-12-19-15(3)23;11-4-7-1-10(15(16)17)2-8(5-12)14(7)9(3-10)6-13;11-7-1-4-10(14(15)16,5-2-8-12)6-3-9-13;2*1-3(2)4/h13-15H,4-9H2,1-3H3,(H,17,22)(H,18,23)(H,19,24);4-12H2,1-3H3,(H,17,21)(H,18,22)(H,19,23);7-9H,1-6,11-13H2;1-9,11-13H2;2*1-2H3/t13-,14?,15?,16?;;7-,8?,9?,10?;;;/m1.1.../s1. The van der Waals surface area contributed by atoms with Crippen LogP contribution in [0.3, 0.4) is 0 Å². The average Bonchev–Trinajstić information content (AvgIpc) is 0.763. The number of carbonyl (C=O) groups excluding carboxylic acids is 8. The lowest BCUT2D eigenvalue weighted by atomic mass is 9.69. The van der Waals surface area contributed by atoms with Gasteiger partial charge in [-0.2, -0.15) is 0 Å². The minimum absolute atomic E-state index is 0.0463. The van der Waals surface area contributed by atoms with E-state index in [1.165, 1.54) is 69.2 Å². The zero-order valence-electron chi connectivity index (χ0n) is 56.4. The lowest BCUT2D eigenvalue weighted by Crippen LogP contribution is -2.73. The Hall–Kier alpha value is -6.56. The van der Waals surface area contributed by atoms with Crippen molar-refractivity contribution in [3.05, 3.63) is 40.5 Å². The first-order valence-corrected chi connectivity index (χ1v) is 31.7. The first-order valence-electron chi connectivity index (χ1n) is 31.7. The van der Waals surface area contributed by atoms with Crippen molar-refractivity contribution in [1.82, 2.24) is 41.7 Å². The van der Waals surface area contributed by atoms with Crippen molar-refractivity contribution in [3.63, 3.8) is 0 Å². The SMILES string of the molecule is CC(=O)NCC1CC2([N+](=O)[O-])CC(CNC(C)=O)N1[C@@H](CNC(C)=O)C2.CC(=O)NCCCC(CCCNC(C)=O)(CCCNC(C)=O)[N+](=O)[O-].CC(C)=O.CC(C)=O.NCC1CC2([N+](=O)[O-])CC(CN)N1[C@@H](CN)C2.NCCCC(CCCN)(CCCN)[N+](=O)[O-]. The molecule has 0 aromatic heterocycles. The smallest absolute Gasteiger partial charge is 0.227 e. The van der Waals surface area contributed by atoms with Crippen molar-refractivity contribution in [1.29, 1.82) is 0 Å². The van der Waals surface area contributed by atoms with Gasteiger partial charge in [-0.3, -0.25) is 79.0 Å². The van der Waals surface area contributed by atoms with E-state index in [1.54, 1.807) is 0 Å². The lowest BCUT2D eigenvalue weighted by Gasteiger charge is -2.56. The van der Waals surface area contributed by atoms with Gasteiger partial charge >= 0.3 is 0 Å². The van der Waals surface area contributed by atoms with Gasteiger partial charge in [0.2, 0.25) is 57.6 Å². The first kappa shape index (κ1) is 87.5. The molecule has 6 fully saturated rings. The van der Waals surface area contributed by atoms with Gasteiger partial charge in [0.05, 0.1) is 0 Å². The van der Waals surface area contributed by atoms with E-state index in [0.29, 0.717) is 194 Å². The Morgan fingerprint density at radius 3 is 0.739 bits per heavy atom. The van der Waals surface area contributed by atoms with Crippen LogP contribution in [0.5, 0.6) is 0 Å². The van der Waals surface area contributed by atoms with Gasteiger partial charge in [-0.25, -0.2) is 0 Å². The van der Waals surface area contributed by atoms with Gasteiger partial charge in [0, 0.05) is 233 Å². The summed E-state index contributed by atoms with van der Waals surface area (Å²) in [5, 5.41) is 62.4. The Morgan fingerprint density at radius 2 is 0.565 bits per heavy atom. The summed E-state index contributed by atoms with van der Waals surface area (Å²) in [5.74, 6) is -0.743. The highest BCUT2D eigenvalue weighted by Gasteiger charge is 2.61. The summed E-state index contributed by atoms with van der Waals surface area (Å²) >= 11 is 0. The van der Waals surface area contributed by atoms with Crippen LogP contribution in [0.15, 0.2) is 0 Å². The molecule has 6 amide bonds. The third-order valence-corrected chi connectivity index (χ3v) is 16.5. The zero-order valence-corrected chi connectivity index (χ0v) is 56.4. The molecule has 6 atom stereocenters. The van der Waals surface area contributed by atoms with Crippen molar-refractivity contribution >= 4 is 47.0 Å². The number of rotatable bonds is 34. The molecule has 92 heavy (non-hydrogen) atoms. The quantitative estimate of drug-likeness (QED) is 0.0223. The predicted octanol–water partition coefficient (Wildman–Crippen LogP) is -0.341. The first-order chi connectivity index (χ1) is 43.0. The number of amides is 6. The minimum atomic E-state index is -1.12. The third kappa shape index (κ3) is 32.8. The number of fused-ring (bicyclic) bond motifs is 6. The lowest BCUT2D eigenvalue weighted by molar-refractivity contribution is -0.588. The molecule has 0 spiro atoms. The van der Waals surface area contributed by atoms with Gasteiger partial charge in [-0.1, -0.05) is 0 Å². The van der Waals surface area contributed by atoms with Gasteiger partial charge in [0.15, 0.2) is 0 Å². The summed E-state index contributed by atoms with van der Waals surface area (Å²) in [6.07, 6.45) is 8.72. The van der Waals surface area contributed by atoms with Crippen LogP contribution < -0.4 is 66.3 Å². The molecule has 6 heterocycles. The van der Waals surface area contributed by atoms with Crippen LogP contribution >= 0.6 is 0 Å². The number of nitrogens with zero attached hydrogens (tertiary/aromatic N) is 6. The van der Waals surface area contributed by atoms with E-state index in [2.05, 4.69) is 41.7 Å². The second-order valence-corrected chi connectivity index (χ2v) is 24.7. The molecule has 34 nitrogen and oxygen atoms in total. The van der Waals surface area contributed by atoms with Crippen LogP contribution in [0.25, 0.3) is 0 Å². The van der Waals surface area contributed by atoms with Crippen molar-refractivity contribution in [2.75, 3.05) is 78.5 Å². The maximum Gasteiger partial charge on any atom is 0.227 e. The van der Waals surface area contributed by atoms with E-state index in [4.69, 9.17) is 34.4 Å². The number of piperidine rings is 6. The number of carbonyl (C=O) groups is 8. The molecule has 18 N–H and O–H groups in total. The molecule has 6 rings (SSSR count). The van der Waals surface area contributed by atoms with Gasteiger partial charge in [-0.05, 0) is 85.9 Å². The monoisotopic (exact) mass is 1320 g/mol. The van der Waals surface area contributed by atoms with Crippen molar-refractivity contribution in [2.24, 2.45) is 34.4 Å². The Labute approximate surface area is 541 Å². The summed E-state index contributed by atoms with van der Waals surface area (Å²) in [6, 6.07) is -0.516.